The number of pyridine rings is 1. The number of hydrogen-bond donors (Lipinski definition) is 0. The third-order valence-electron chi connectivity index (χ3n) is 2.85. The van der Waals surface area contributed by atoms with E-state index in [9.17, 15) is 39.5 Å². The molecule has 0 fully saturated rings. The summed E-state index contributed by atoms with van der Waals surface area (Å²) < 4.78 is 116. The zero-order chi connectivity index (χ0) is 19.0. The molecule has 0 amide bonds. The molecule has 2 aromatic rings. The number of nitrogens with zero attached hydrogens (tertiary/aromatic N) is 1. The van der Waals surface area contributed by atoms with Gasteiger partial charge >= 0.3 is 18.7 Å². The Labute approximate surface area is 133 Å². The highest BCUT2D eigenvalue weighted by molar-refractivity contribution is 5.67. The molecule has 1 aromatic heterocycles. The van der Waals surface area contributed by atoms with Crippen LogP contribution in [0.4, 0.5) is 39.5 Å². The second kappa shape index (κ2) is 6.12. The Morgan fingerprint density at radius 1 is 0.680 bits per heavy atom. The molecule has 0 saturated carbocycles. The van der Waals surface area contributed by atoms with E-state index in [0.29, 0.717) is 12.1 Å². The van der Waals surface area contributed by atoms with Gasteiger partial charge in [-0.05, 0) is 23.8 Å². The van der Waals surface area contributed by atoms with Gasteiger partial charge in [0.1, 0.15) is 11.4 Å². The van der Waals surface area contributed by atoms with Gasteiger partial charge in [-0.25, -0.2) is 4.98 Å². The van der Waals surface area contributed by atoms with E-state index >= 15 is 0 Å². The highest BCUT2D eigenvalue weighted by Gasteiger charge is 2.40. The number of halogens is 9. The van der Waals surface area contributed by atoms with Crippen molar-refractivity contribution in [1.29, 1.82) is 0 Å². The number of aromatic nitrogens is 1. The smallest absolute Gasteiger partial charge is 0.406 e. The van der Waals surface area contributed by atoms with E-state index in [-0.39, 0.29) is 5.56 Å². The van der Waals surface area contributed by atoms with Crippen molar-refractivity contribution < 1.29 is 44.3 Å². The zero-order valence-electron chi connectivity index (χ0n) is 11.7. The van der Waals surface area contributed by atoms with Gasteiger partial charge in [0.05, 0.1) is 0 Å². The number of rotatable bonds is 2. The average molecular weight is 375 g/mol. The highest BCUT2D eigenvalue weighted by atomic mass is 19.4. The first-order chi connectivity index (χ1) is 11.3. The molecule has 0 atom stereocenters. The van der Waals surface area contributed by atoms with Gasteiger partial charge in [0.15, 0.2) is 5.69 Å². The second-order valence-electron chi connectivity index (χ2n) is 4.66. The van der Waals surface area contributed by atoms with Crippen LogP contribution in [-0.4, -0.2) is 11.3 Å². The summed E-state index contributed by atoms with van der Waals surface area (Å²) in [6.07, 6.45) is -15.3. The maximum absolute atomic E-state index is 13.0. The standard InChI is InChI=1S/C14H6F9NO/c15-12(16,17)10-6-5-9(11(24-10)13(18,19)20)7-1-3-8(4-2-7)25-14(21,22)23/h1-6H. The lowest BCUT2D eigenvalue weighted by atomic mass is 10.0. The van der Waals surface area contributed by atoms with Crippen LogP contribution in [0.5, 0.6) is 5.75 Å². The van der Waals surface area contributed by atoms with Gasteiger partial charge in [-0.15, -0.1) is 13.2 Å². The molecule has 0 N–H and O–H groups in total. The van der Waals surface area contributed by atoms with E-state index in [2.05, 4.69) is 9.72 Å². The minimum absolute atomic E-state index is 0.275. The molecular formula is C14H6F9NO. The lowest BCUT2D eigenvalue weighted by Gasteiger charge is -2.15. The van der Waals surface area contributed by atoms with Gasteiger partial charge in [-0.1, -0.05) is 18.2 Å². The van der Waals surface area contributed by atoms with Crippen LogP contribution >= 0.6 is 0 Å². The molecule has 2 nitrogen and oxygen atoms in total. The number of benzene rings is 1. The van der Waals surface area contributed by atoms with Crippen LogP contribution in [0.15, 0.2) is 36.4 Å². The topological polar surface area (TPSA) is 22.1 Å². The summed E-state index contributed by atoms with van der Waals surface area (Å²) in [6.45, 7) is 0. The molecule has 0 aliphatic heterocycles. The zero-order valence-corrected chi connectivity index (χ0v) is 11.7. The third kappa shape index (κ3) is 4.77. The van der Waals surface area contributed by atoms with Gasteiger partial charge in [-0.2, -0.15) is 26.3 Å². The van der Waals surface area contributed by atoms with E-state index < -0.39 is 41.4 Å². The molecule has 0 radical (unpaired) electrons. The van der Waals surface area contributed by atoms with Gasteiger partial charge in [0.25, 0.3) is 0 Å². The lowest BCUT2D eigenvalue weighted by Crippen LogP contribution is -2.17. The molecule has 11 heteroatoms. The van der Waals surface area contributed by atoms with E-state index in [1.54, 1.807) is 0 Å². The highest BCUT2D eigenvalue weighted by Crippen LogP contribution is 2.39. The van der Waals surface area contributed by atoms with Crippen LogP contribution in [0.25, 0.3) is 11.1 Å². The Balaban J connectivity index is 2.48. The van der Waals surface area contributed by atoms with E-state index in [1.165, 1.54) is 0 Å². The Bertz CT molecular complexity index is 745. The second-order valence-corrected chi connectivity index (χ2v) is 4.66. The van der Waals surface area contributed by atoms with Crippen molar-refractivity contribution in [3.63, 3.8) is 0 Å². The number of alkyl halides is 9. The molecule has 0 bridgehead atoms. The molecule has 1 heterocycles. The predicted molar refractivity (Wildman–Crippen MR) is 66.4 cm³/mol. The normalized spacial score (nSPS) is 13.0. The third-order valence-corrected chi connectivity index (χ3v) is 2.85. The predicted octanol–water partition coefficient (Wildman–Crippen LogP) is 5.68. The van der Waals surface area contributed by atoms with Crippen LogP contribution in [0.1, 0.15) is 11.4 Å². The summed E-state index contributed by atoms with van der Waals surface area (Å²) in [5, 5.41) is 0. The molecule has 2 rings (SSSR count). The molecule has 25 heavy (non-hydrogen) atoms. The summed E-state index contributed by atoms with van der Waals surface area (Å²) in [5.74, 6) is -0.690. The minimum Gasteiger partial charge on any atom is -0.406 e. The molecule has 0 aliphatic rings. The fourth-order valence-corrected chi connectivity index (χ4v) is 1.90. The Morgan fingerprint density at radius 2 is 1.24 bits per heavy atom. The number of hydrogen-bond acceptors (Lipinski definition) is 2. The molecule has 0 aliphatic carbocycles. The van der Waals surface area contributed by atoms with Crippen molar-refractivity contribution in [3.8, 4) is 16.9 Å². The summed E-state index contributed by atoms with van der Waals surface area (Å²) in [4.78, 5) is 2.61. The van der Waals surface area contributed by atoms with Crippen molar-refractivity contribution in [2.75, 3.05) is 0 Å². The van der Waals surface area contributed by atoms with Crippen molar-refractivity contribution >= 4 is 0 Å². The van der Waals surface area contributed by atoms with Crippen molar-refractivity contribution in [2.45, 2.75) is 18.7 Å². The molecule has 0 saturated heterocycles. The lowest BCUT2D eigenvalue weighted by molar-refractivity contribution is -0.274. The van der Waals surface area contributed by atoms with Gasteiger partial charge < -0.3 is 4.74 Å². The summed E-state index contributed by atoms with van der Waals surface area (Å²) >= 11 is 0. The number of ether oxygens (including phenoxy) is 1. The minimum atomic E-state index is -5.20. The van der Waals surface area contributed by atoms with Gasteiger partial charge in [0.2, 0.25) is 0 Å². The van der Waals surface area contributed by atoms with Crippen LogP contribution < -0.4 is 4.74 Å². The summed E-state index contributed by atoms with van der Waals surface area (Å²) in [6, 6.07) is 4.07. The average Bonchev–Trinajstić information content (AvgIpc) is 2.44. The van der Waals surface area contributed by atoms with Crippen LogP contribution in [0.2, 0.25) is 0 Å². The van der Waals surface area contributed by atoms with E-state index in [4.69, 9.17) is 0 Å². The molecule has 0 unspecified atom stereocenters. The first-order valence-electron chi connectivity index (χ1n) is 6.29. The molecule has 1 aromatic carbocycles. The van der Waals surface area contributed by atoms with E-state index in [1.807, 2.05) is 0 Å². The molecular weight excluding hydrogens is 369 g/mol. The SMILES string of the molecule is FC(F)(F)Oc1ccc(-c2ccc(C(F)(F)F)nc2C(F)(F)F)cc1. The maximum atomic E-state index is 13.0. The van der Waals surface area contributed by atoms with Crippen LogP contribution in [0.3, 0.4) is 0 Å². The first kappa shape index (κ1) is 18.9. The maximum Gasteiger partial charge on any atom is 0.573 e. The fourth-order valence-electron chi connectivity index (χ4n) is 1.90. The van der Waals surface area contributed by atoms with Crippen molar-refractivity contribution in [1.82, 2.24) is 4.98 Å². The Kier molecular flexibility index (Phi) is 4.62. The summed E-state index contributed by atoms with van der Waals surface area (Å²) in [7, 11) is 0. The Hall–Kier alpha value is -2.46. The van der Waals surface area contributed by atoms with Crippen LogP contribution in [0, 0.1) is 0 Å². The van der Waals surface area contributed by atoms with Crippen molar-refractivity contribution in [3.05, 3.63) is 47.8 Å². The van der Waals surface area contributed by atoms with Crippen molar-refractivity contribution in [2.24, 2.45) is 0 Å². The fraction of sp³-hybridized carbons (Fsp3) is 0.214. The molecule has 0 spiro atoms. The molecule has 136 valence electrons. The van der Waals surface area contributed by atoms with Crippen LogP contribution in [-0.2, 0) is 12.4 Å². The Morgan fingerprint density at radius 3 is 1.68 bits per heavy atom. The largest absolute Gasteiger partial charge is 0.573 e. The van der Waals surface area contributed by atoms with Gasteiger partial charge in [0, 0.05) is 5.56 Å². The monoisotopic (exact) mass is 375 g/mol. The first-order valence-corrected chi connectivity index (χ1v) is 6.29. The quantitative estimate of drug-likeness (QED) is 0.630. The summed E-state index contributed by atoms with van der Waals surface area (Å²) in [5.41, 5.74) is -4.52. The van der Waals surface area contributed by atoms with E-state index in [0.717, 1.165) is 24.3 Å². The van der Waals surface area contributed by atoms with Gasteiger partial charge in [-0.3, -0.25) is 0 Å².